The van der Waals surface area contributed by atoms with Crippen molar-refractivity contribution in [3.63, 3.8) is 0 Å². The largest absolute Gasteiger partial charge is 0.328 e. The second kappa shape index (κ2) is 4.73. The Labute approximate surface area is 69.5 Å². The maximum absolute atomic E-state index is 5.63. The lowest BCUT2D eigenvalue weighted by molar-refractivity contribution is 0.562. The number of rotatable bonds is 6. The van der Waals surface area contributed by atoms with Crippen molar-refractivity contribution in [1.29, 1.82) is 0 Å². The number of hydrogen-bond donors (Lipinski definition) is 2. The van der Waals surface area contributed by atoms with Crippen molar-refractivity contribution in [2.75, 3.05) is 6.54 Å². The molecule has 1 saturated carbocycles. The van der Waals surface area contributed by atoms with E-state index in [-0.39, 0.29) is 0 Å². The van der Waals surface area contributed by atoms with Crippen molar-refractivity contribution < 1.29 is 0 Å². The van der Waals surface area contributed by atoms with E-state index in [4.69, 9.17) is 5.73 Å². The van der Waals surface area contributed by atoms with Crippen LogP contribution in [0, 0.1) is 0 Å². The topological polar surface area (TPSA) is 38.0 Å². The van der Waals surface area contributed by atoms with E-state index in [9.17, 15) is 0 Å². The van der Waals surface area contributed by atoms with Gasteiger partial charge in [-0.1, -0.05) is 6.42 Å². The summed E-state index contributed by atoms with van der Waals surface area (Å²) in [7, 11) is 0. The van der Waals surface area contributed by atoms with Crippen LogP contribution in [0.2, 0.25) is 0 Å². The molecule has 3 N–H and O–H groups in total. The van der Waals surface area contributed by atoms with Crippen LogP contribution in [0.3, 0.4) is 0 Å². The summed E-state index contributed by atoms with van der Waals surface area (Å²) in [5.41, 5.74) is 5.63. The molecular formula is C9H20N2. The summed E-state index contributed by atoms with van der Waals surface area (Å²) in [6.45, 7) is 3.27. The van der Waals surface area contributed by atoms with Gasteiger partial charge in [-0.3, -0.25) is 0 Å². The van der Waals surface area contributed by atoms with Gasteiger partial charge in [-0.2, -0.15) is 0 Å². The van der Waals surface area contributed by atoms with Crippen molar-refractivity contribution in [2.45, 2.75) is 51.1 Å². The molecule has 0 aromatic rings. The minimum absolute atomic E-state index is 0.385. The molecule has 0 amide bonds. The van der Waals surface area contributed by atoms with Gasteiger partial charge in [0.2, 0.25) is 0 Å². The average molecular weight is 156 g/mol. The maximum Gasteiger partial charge on any atom is 0.00682 e. The van der Waals surface area contributed by atoms with E-state index in [2.05, 4.69) is 12.2 Å². The second-order valence-electron chi connectivity index (χ2n) is 3.70. The molecule has 2 heteroatoms. The molecule has 0 aromatic heterocycles. The number of unbranched alkanes of at least 4 members (excludes halogenated alkanes) is 1. The lowest BCUT2D eigenvalue weighted by Crippen LogP contribution is -2.19. The van der Waals surface area contributed by atoms with Gasteiger partial charge in [0.1, 0.15) is 0 Å². The molecule has 0 saturated heterocycles. The predicted molar refractivity (Wildman–Crippen MR) is 48.5 cm³/mol. The smallest absolute Gasteiger partial charge is 0.00682 e. The molecule has 1 aliphatic rings. The highest BCUT2D eigenvalue weighted by Gasteiger charge is 2.19. The first-order valence-corrected chi connectivity index (χ1v) is 4.78. The molecular weight excluding hydrogens is 136 g/mol. The molecule has 0 aliphatic heterocycles. The molecule has 1 fully saturated rings. The van der Waals surface area contributed by atoms with Crippen LogP contribution >= 0.6 is 0 Å². The third-order valence-electron chi connectivity index (χ3n) is 2.10. The molecule has 2 nitrogen and oxygen atoms in total. The van der Waals surface area contributed by atoms with Crippen LogP contribution in [0.15, 0.2) is 0 Å². The zero-order valence-electron chi connectivity index (χ0n) is 7.47. The summed E-state index contributed by atoms with van der Waals surface area (Å²) >= 11 is 0. The van der Waals surface area contributed by atoms with Crippen LogP contribution in [0.1, 0.15) is 39.0 Å². The minimum atomic E-state index is 0.385. The molecule has 0 aromatic carbocycles. The van der Waals surface area contributed by atoms with Crippen molar-refractivity contribution in [2.24, 2.45) is 5.73 Å². The highest BCUT2D eigenvalue weighted by Crippen LogP contribution is 2.18. The van der Waals surface area contributed by atoms with E-state index in [1.54, 1.807) is 0 Å². The van der Waals surface area contributed by atoms with E-state index < -0.39 is 0 Å². The fourth-order valence-electron chi connectivity index (χ4n) is 1.18. The Morgan fingerprint density at radius 1 is 1.45 bits per heavy atom. The van der Waals surface area contributed by atoms with Gasteiger partial charge in [0, 0.05) is 12.1 Å². The van der Waals surface area contributed by atoms with Crippen molar-refractivity contribution in [3.8, 4) is 0 Å². The van der Waals surface area contributed by atoms with Crippen LogP contribution in [0.25, 0.3) is 0 Å². The third kappa shape index (κ3) is 5.22. The number of nitrogens with one attached hydrogen (secondary N) is 1. The standard InChI is InChI=1S/C9H20N2/c1-8(10)4-2-3-7-11-9-5-6-9/h8-9,11H,2-7,10H2,1H3. The van der Waals surface area contributed by atoms with Gasteiger partial charge in [0.15, 0.2) is 0 Å². The van der Waals surface area contributed by atoms with Crippen LogP contribution in [0.4, 0.5) is 0 Å². The Kier molecular flexibility index (Phi) is 3.87. The summed E-state index contributed by atoms with van der Waals surface area (Å²) in [5, 5.41) is 3.49. The van der Waals surface area contributed by atoms with Gasteiger partial charge >= 0.3 is 0 Å². The molecule has 1 unspecified atom stereocenters. The molecule has 66 valence electrons. The van der Waals surface area contributed by atoms with Crippen molar-refractivity contribution in [3.05, 3.63) is 0 Å². The zero-order valence-corrected chi connectivity index (χ0v) is 7.47. The van der Waals surface area contributed by atoms with Gasteiger partial charge in [-0.05, 0) is 39.2 Å². The van der Waals surface area contributed by atoms with Gasteiger partial charge < -0.3 is 11.1 Å². The molecule has 0 bridgehead atoms. The lowest BCUT2D eigenvalue weighted by atomic mass is 10.1. The Hall–Kier alpha value is -0.0800. The quantitative estimate of drug-likeness (QED) is 0.568. The molecule has 1 atom stereocenters. The molecule has 0 heterocycles. The predicted octanol–water partition coefficient (Wildman–Crippen LogP) is 1.26. The van der Waals surface area contributed by atoms with Crippen LogP contribution in [-0.4, -0.2) is 18.6 Å². The first kappa shape index (κ1) is 9.01. The summed E-state index contributed by atoms with van der Waals surface area (Å²) < 4.78 is 0. The van der Waals surface area contributed by atoms with Gasteiger partial charge in [-0.15, -0.1) is 0 Å². The van der Waals surface area contributed by atoms with E-state index in [1.807, 2.05) is 0 Å². The number of hydrogen-bond acceptors (Lipinski definition) is 2. The van der Waals surface area contributed by atoms with Crippen LogP contribution in [0.5, 0.6) is 0 Å². The monoisotopic (exact) mass is 156 g/mol. The van der Waals surface area contributed by atoms with E-state index in [0.717, 1.165) is 6.04 Å². The minimum Gasteiger partial charge on any atom is -0.328 e. The molecule has 1 rings (SSSR count). The molecule has 1 aliphatic carbocycles. The van der Waals surface area contributed by atoms with Crippen molar-refractivity contribution in [1.82, 2.24) is 5.32 Å². The van der Waals surface area contributed by atoms with Gasteiger partial charge in [0.25, 0.3) is 0 Å². The molecule has 0 radical (unpaired) electrons. The summed E-state index contributed by atoms with van der Waals surface area (Å²) in [5.74, 6) is 0. The Balaban J connectivity index is 1.73. The molecule has 11 heavy (non-hydrogen) atoms. The first-order chi connectivity index (χ1) is 5.29. The summed E-state index contributed by atoms with van der Waals surface area (Å²) in [6, 6.07) is 1.25. The molecule has 0 spiro atoms. The van der Waals surface area contributed by atoms with Crippen molar-refractivity contribution >= 4 is 0 Å². The highest BCUT2D eigenvalue weighted by atomic mass is 14.9. The average Bonchev–Trinajstić information content (AvgIpc) is 2.70. The second-order valence-corrected chi connectivity index (χ2v) is 3.70. The van der Waals surface area contributed by atoms with E-state index >= 15 is 0 Å². The maximum atomic E-state index is 5.63. The van der Waals surface area contributed by atoms with Crippen LogP contribution < -0.4 is 11.1 Å². The van der Waals surface area contributed by atoms with E-state index in [1.165, 1.54) is 38.6 Å². The zero-order chi connectivity index (χ0) is 8.10. The normalized spacial score (nSPS) is 20.2. The summed E-state index contributed by atoms with van der Waals surface area (Å²) in [6.07, 6.45) is 6.53. The Morgan fingerprint density at radius 2 is 2.18 bits per heavy atom. The fourth-order valence-corrected chi connectivity index (χ4v) is 1.18. The SMILES string of the molecule is CC(N)CCCCNC1CC1. The Morgan fingerprint density at radius 3 is 2.73 bits per heavy atom. The number of nitrogens with two attached hydrogens (primary N) is 1. The van der Waals surface area contributed by atoms with Gasteiger partial charge in [-0.25, -0.2) is 0 Å². The first-order valence-electron chi connectivity index (χ1n) is 4.78. The lowest BCUT2D eigenvalue weighted by Gasteiger charge is -2.04. The third-order valence-corrected chi connectivity index (χ3v) is 2.10. The highest BCUT2D eigenvalue weighted by molar-refractivity contribution is 4.80. The van der Waals surface area contributed by atoms with E-state index in [0.29, 0.717) is 6.04 Å². The fraction of sp³-hybridized carbons (Fsp3) is 1.00. The van der Waals surface area contributed by atoms with Gasteiger partial charge in [0.05, 0.1) is 0 Å². The Bertz CT molecular complexity index is 93.7. The summed E-state index contributed by atoms with van der Waals surface area (Å²) in [4.78, 5) is 0. The van der Waals surface area contributed by atoms with Crippen LogP contribution in [-0.2, 0) is 0 Å².